The maximum atomic E-state index is 11.3. The second-order valence-electron chi connectivity index (χ2n) is 6.76. The summed E-state index contributed by atoms with van der Waals surface area (Å²) in [6.45, 7) is 6.87. The van der Waals surface area contributed by atoms with E-state index in [0.717, 1.165) is 18.4 Å². The first-order chi connectivity index (χ1) is 9.15. The molecule has 1 aromatic rings. The van der Waals surface area contributed by atoms with E-state index in [9.17, 15) is 8.42 Å². The highest BCUT2D eigenvalue weighted by molar-refractivity contribution is 7.92. The summed E-state index contributed by atoms with van der Waals surface area (Å²) < 4.78 is 25.0. The average molecular weight is 296 g/mol. The molecule has 1 aliphatic rings. The van der Waals surface area contributed by atoms with Gasteiger partial charge in [-0.05, 0) is 42.4 Å². The fraction of sp³-hybridized carbons (Fsp3) is 0.600. The zero-order valence-corrected chi connectivity index (χ0v) is 13.4. The Hall–Kier alpha value is -1.23. The first-order valence-electron chi connectivity index (χ1n) is 6.99. The summed E-state index contributed by atoms with van der Waals surface area (Å²) in [5.41, 5.74) is 1.94. The molecule has 20 heavy (non-hydrogen) atoms. The van der Waals surface area contributed by atoms with Crippen molar-refractivity contribution in [2.45, 2.75) is 39.7 Å². The molecule has 2 rings (SSSR count). The number of benzene rings is 1. The molecule has 0 aromatic heterocycles. The molecule has 112 valence electrons. The van der Waals surface area contributed by atoms with Crippen LogP contribution in [0.3, 0.4) is 0 Å². The Morgan fingerprint density at radius 1 is 1.20 bits per heavy atom. The predicted molar refractivity (Wildman–Crippen MR) is 84.5 cm³/mol. The van der Waals surface area contributed by atoms with Crippen LogP contribution in [-0.4, -0.2) is 20.7 Å². The van der Waals surface area contributed by atoms with E-state index in [2.05, 4.69) is 30.8 Å². The molecule has 0 spiro atoms. The Morgan fingerprint density at radius 3 is 2.40 bits per heavy atom. The number of sulfonamides is 1. The summed E-state index contributed by atoms with van der Waals surface area (Å²) in [6, 6.07) is 7.89. The second-order valence-corrected chi connectivity index (χ2v) is 8.50. The quantitative estimate of drug-likeness (QED) is 0.896. The van der Waals surface area contributed by atoms with Crippen molar-refractivity contribution in [3.05, 3.63) is 24.3 Å². The van der Waals surface area contributed by atoms with E-state index in [1.807, 2.05) is 18.2 Å². The Labute approximate surface area is 122 Å². The molecule has 0 radical (unpaired) electrons. The zero-order valence-electron chi connectivity index (χ0n) is 12.6. The first kappa shape index (κ1) is 15.2. The van der Waals surface area contributed by atoms with E-state index in [0.29, 0.717) is 23.1 Å². The number of hydrogen-bond donors (Lipinski definition) is 2. The third-order valence-corrected chi connectivity index (χ3v) is 4.46. The Morgan fingerprint density at radius 2 is 1.85 bits per heavy atom. The van der Waals surface area contributed by atoms with Crippen LogP contribution in [0, 0.1) is 11.3 Å². The number of anilines is 2. The summed E-state index contributed by atoms with van der Waals surface area (Å²) in [6.07, 6.45) is 3.51. The molecular weight excluding hydrogens is 272 g/mol. The normalized spacial score (nSPS) is 25.4. The van der Waals surface area contributed by atoms with Crippen LogP contribution in [0.1, 0.15) is 33.6 Å². The summed E-state index contributed by atoms with van der Waals surface area (Å²) >= 11 is 0. The number of rotatable bonds is 4. The van der Waals surface area contributed by atoms with Gasteiger partial charge < -0.3 is 5.32 Å². The zero-order chi connectivity index (χ0) is 15.0. The highest BCUT2D eigenvalue weighted by Gasteiger charge is 2.36. The van der Waals surface area contributed by atoms with E-state index in [1.165, 1.54) is 6.42 Å². The SMILES string of the molecule is CC1CC(C)(C)CC1Nc1cccc(NS(C)(=O)=O)c1. The Kier molecular flexibility index (Phi) is 4.00. The maximum Gasteiger partial charge on any atom is 0.229 e. The van der Waals surface area contributed by atoms with Crippen LogP contribution in [0.5, 0.6) is 0 Å². The Bertz CT molecular complexity index is 581. The average Bonchev–Trinajstić information content (AvgIpc) is 2.49. The van der Waals surface area contributed by atoms with E-state index in [1.54, 1.807) is 6.07 Å². The van der Waals surface area contributed by atoms with Gasteiger partial charge in [-0.2, -0.15) is 0 Å². The first-order valence-corrected chi connectivity index (χ1v) is 8.88. The van der Waals surface area contributed by atoms with Gasteiger partial charge in [-0.1, -0.05) is 26.8 Å². The van der Waals surface area contributed by atoms with E-state index < -0.39 is 10.0 Å². The van der Waals surface area contributed by atoms with Gasteiger partial charge in [-0.15, -0.1) is 0 Å². The molecule has 4 nitrogen and oxygen atoms in total. The Balaban J connectivity index is 2.09. The molecule has 1 saturated carbocycles. The lowest BCUT2D eigenvalue weighted by molar-refractivity contribution is 0.366. The van der Waals surface area contributed by atoms with Gasteiger partial charge in [0, 0.05) is 11.7 Å². The van der Waals surface area contributed by atoms with Gasteiger partial charge in [-0.25, -0.2) is 8.42 Å². The maximum absolute atomic E-state index is 11.3. The van der Waals surface area contributed by atoms with Crippen molar-refractivity contribution in [3.8, 4) is 0 Å². The van der Waals surface area contributed by atoms with Crippen molar-refractivity contribution in [1.82, 2.24) is 0 Å². The molecule has 2 atom stereocenters. The molecule has 0 saturated heterocycles. The van der Waals surface area contributed by atoms with Gasteiger partial charge in [0.15, 0.2) is 0 Å². The molecule has 0 bridgehead atoms. The van der Waals surface area contributed by atoms with Gasteiger partial charge in [0.2, 0.25) is 10.0 Å². The molecule has 1 fully saturated rings. The summed E-state index contributed by atoms with van der Waals surface area (Å²) in [5.74, 6) is 0.622. The predicted octanol–water partition coefficient (Wildman–Crippen LogP) is 3.29. The fourth-order valence-electron chi connectivity index (χ4n) is 3.19. The van der Waals surface area contributed by atoms with Crippen LogP contribution >= 0.6 is 0 Å². The molecular formula is C15H24N2O2S. The van der Waals surface area contributed by atoms with Crippen LogP contribution in [-0.2, 0) is 10.0 Å². The molecule has 0 aliphatic heterocycles. The van der Waals surface area contributed by atoms with Crippen molar-refractivity contribution in [1.29, 1.82) is 0 Å². The number of nitrogens with one attached hydrogen (secondary N) is 2. The summed E-state index contributed by atoms with van der Waals surface area (Å²) in [4.78, 5) is 0. The van der Waals surface area contributed by atoms with E-state index in [-0.39, 0.29) is 0 Å². The van der Waals surface area contributed by atoms with Crippen LogP contribution in [0.2, 0.25) is 0 Å². The van der Waals surface area contributed by atoms with Crippen molar-refractivity contribution in [2.75, 3.05) is 16.3 Å². The van der Waals surface area contributed by atoms with E-state index >= 15 is 0 Å². The lowest BCUT2D eigenvalue weighted by atomic mass is 9.91. The monoisotopic (exact) mass is 296 g/mol. The third kappa shape index (κ3) is 4.13. The van der Waals surface area contributed by atoms with Gasteiger partial charge in [-0.3, -0.25) is 4.72 Å². The van der Waals surface area contributed by atoms with Crippen LogP contribution in [0.4, 0.5) is 11.4 Å². The van der Waals surface area contributed by atoms with E-state index in [4.69, 9.17) is 0 Å². The van der Waals surface area contributed by atoms with Crippen LogP contribution in [0.25, 0.3) is 0 Å². The highest BCUT2D eigenvalue weighted by atomic mass is 32.2. The molecule has 2 N–H and O–H groups in total. The minimum absolute atomic E-state index is 0.375. The second kappa shape index (κ2) is 5.28. The van der Waals surface area contributed by atoms with Crippen LogP contribution in [0.15, 0.2) is 24.3 Å². The molecule has 0 amide bonds. The molecule has 2 unspecified atom stereocenters. The third-order valence-electron chi connectivity index (χ3n) is 3.85. The highest BCUT2D eigenvalue weighted by Crippen LogP contribution is 2.42. The van der Waals surface area contributed by atoms with Crippen molar-refractivity contribution < 1.29 is 8.42 Å². The largest absolute Gasteiger partial charge is 0.382 e. The van der Waals surface area contributed by atoms with Gasteiger partial charge >= 0.3 is 0 Å². The standard InChI is InChI=1S/C15H24N2O2S/c1-11-9-15(2,3)10-14(11)16-12-6-5-7-13(8-12)17-20(4,18)19/h5-8,11,14,16-17H,9-10H2,1-4H3. The topological polar surface area (TPSA) is 58.2 Å². The minimum Gasteiger partial charge on any atom is -0.382 e. The van der Waals surface area contributed by atoms with Gasteiger partial charge in [0.25, 0.3) is 0 Å². The molecule has 1 aliphatic carbocycles. The lowest BCUT2D eigenvalue weighted by Gasteiger charge is -2.20. The molecule has 5 heteroatoms. The molecule has 0 heterocycles. The van der Waals surface area contributed by atoms with Crippen molar-refractivity contribution in [2.24, 2.45) is 11.3 Å². The minimum atomic E-state index is -3.23. The number of hydrogen-bond acceptors (Lipinski definition) is 3. The smallest absolute Gasteiger partial charge is 0.229 e. The summed E-state index contributed by atoms with van der Waals surface area (Å²) in [5, 5.41) is 3.54. The van der Waals surface area contributed by atoms with Gasteiger partial charge in [0.05, 0.1) is 11.9 Å². The van der Waals surface area contributed by atoms with Crippen LogP contribution < -0.4 is 10.0 Å². The summed E-state index contributed by atoms with van der Waals surface area (Å²) in [7, 11) is -3.23. The van der Waals surface area contributed by atoms with Gasteiger partial charge in [0.1, 0.15) is 0 Å². The van der Waals surface area contributed by atoms with Crippen molar-refractivity contribution >= 4 is 21.4 Å². The fourth-order valence-corrected chi connectivity index (χ4v) is 3.74. The molecule has 1 aromatic carbocycles. The lowest BCUT2D eigenvalue weighted by Crippen LogP contribution is -2.22. The van der Waals surface area contributed by atoms with Crippen molar-refractivity contribution in [3.63, 3.8) is 0 Å².